The summed E-state index contributed by atoms with van der Waals surface area (Å²) in [6.45, 7) is 5.73. The number of alkyl halides is 3. The van der Waals surface area contributed by atoms with Crippen LogP contribution in [0.2, 0.25) is 0 Å². The number of piperidine rings is 1. The zero-order chi connectivity index (χ0) is 21.2. The number of carbonyl (C=O) groups excluding carboxylic acids is 1. The Morgan fingerprint density at radius 3 is 2.34 bits per heavy atom. The van der Waals surface area contributed by atoms with Crippen LogP contribution in [0.3, 0.4) is 0 Å². The molecule has 0 unspecified atom stereocenters. The average molecular weight is 424 g/mol. The number of likely N-dealkylation sites (tertiary alicyclic amines) is 1. The highest BCUT2D eigenvalue weighted by atomic mass is 32.2. The lowest BCUT2D eigenvalue weighted by molar-refractivity contribution is -0.141. The molecule has 0 saturated carbocycles. The summed E-state index contributed by atoms with van der Waals surface area (Å²) >= 11 is 0.975. The number of hydrogen-bond donors (Lipinski definition) is 0. The summed E-state index contributed by atoms with van der Waals surface area (Å²) in [4.78, 5) is 22.8. The lowest BCUT2D eigenvalue weighted by Gasteiger charge is -2.40. The maximum Gasteiger partial charge on any atom is 0.433 e. The van der Waals surface area contributed by atoms with Crippen molar-refractivity contribution in [3.8, 4) is 11.3 Å². The predicted molar refractivity (Wildman–Crippen MR) is 107 cm³/mol. The predicted octanol–water partition coefficient (Wildman–Crippen LogP) is 5.43. The Morgan fingerprint density at radius 1 is 1.14 bits per heavy atom. The van der Waals surface area contributed by atoms with E-state index in [9.17, 15) is 18.0 Å². The maximum atomic E-state index is 13.4. The summed E-state index contributed by atoms with van der Waals surface area (Å²) in [7, 11) is 0. The van der Waals surface area contributed by atoms with E-state index in [2.05, 4.69) is 9.97 Å². The topological polar surface area (TPSA) is 46.1 Å². The third-order valence-corrected chi connectivity index (χ3v) is 6.09. The van der Waals surface area contributed by atoms with E-state index in [-0.39, 0.29) is 28.8 Å². The number of amides is 1. The summed E-state index contributed by atoms with van der Waals surface area (Å²) in [6, 6.07) is 9.85. The van der Waals surface area contributed by atoms with Crippen LogP contribution in [0.5, 0.6) is 0 Å². The molecule has 0 spiro atoms. The molecule has 1 aliphatic heterocycles. The molecule has 0 bridgehead atoms. The molecule has 8 heteroatoms. The number of hydrogen-bond acceptors (Lipinski definition) is 4. The van der Waals surface area contributed by atoms with E-state index in [0.717, 1.165) is 37.1 Å². The normalized spacial score (nSPS) is 21.1. The van der Waals surface area contributed by atoms with Crippen LogP contribution in [0.15, 0.2) is 41.6 Å². The maximum absolute atomic E-state index is 13.4. The van der Waals surface area contributed by atoms with Crippen molar-refractivity contribution in [1.82, 2.24) is 14.9 Å². The Balaban J connectivity index is 1.88. The van der Waals surface area contributed by atoms with Gasteiger partial charge in [0, 0.05) is 17.6 Å². The van der Waals surface area contributed by atoms with Gasteiger partial charge in [-0.05, 0) is 46.1 Å². The number of benzene rings is 1. The first-order valence-electron chi connectivity index (χ1n) is 9.67. The minimum atomic E-state index is -4.59. The number of thioether (sulfide) groups is 1. The average Bonchev–Trinajstić information content (AvgIpc) is 2.67. The number of carbonyl (C=O) groups is 1. The fourth-order valence-corrected chi connectivity index (χ4v) is 4.49. The second-order valence-electron chi connectivity index (χ2n) is 7.42. The Bertz CT molecular complexity index is 850. The van der Waals surface area contributed by atoms with Crippen LogP contribution < -0.4 is 0 Å². The van der Waals surface area contributed by atoms with Gasteiger partial charge < -0.3 is 4.90 Å². The molecule has 1 amide bonds. The third kappa shape index (κ3) is 5.10. The standard InChI is InChI=1S/C21H24F3N3OS/c1-13-8-7-9-14(2)27(13)19(28)15(3)29-20-25-17(16-10-5-4-6-11-16)12-18(26-20)21(22,23)24/h4-6,10-15H,7-9H2,1-3H3/t13-,14+,15-/m0/s1. The van der Waals surface area contributed by atoms with Crippen LogP contribution in [0, 0.1) is 0 Å². The SMILES string of the molecule is C[C@H](Sc1nc(-c2ccccc2)cc(C(F)(F)F)n1)C(=O)N1[C@H](C)CCC[C@@H]1C. The van der Waals surface area contributed by atoms with Gasteiger partial charge in [-0.1, -0.05) is 42.1 Å². The first-order chi connectivity index (χ1) is 13.7. The first kappa shape index (κ1) is 21.6. The van der Waals surface area contributed by atoms with Crippen molar-refractivity contribution in [2.75, 3.05) is 0 Å². The number of nitrogens with zero attached hydrogens (tertiary/aromatic N) is 3. The minimum absolute atomic E-state index is 0.0446. The van der Waals surface area contributed by atoms with Crippen molar-refractivity contribution in [3.63, 3.8) is 0 Å². The highest BCUT2D eigenvalue weighted by Gasteiger charge is 2.35. The van der Waals surface area contributed by atoms with Crippen molar-refractivity contribution in [2.45, 2.75) is 68.7 Å². The molecule has 0 N–H and O–H groups in total. The molecular formula is C21H24F3N3OS. The number of aromatic nitrogens is 2. The molecule has 1 saturated heterocycles. The van der Waals surface area contributed by atoms with Crippen molar-refractivity contribution in [1.29, 1.82) is 0 Å². The zero-order valence-electron chi connectivity index (χ0n) is 16.6. The van der Waals surface area contributed by atoms with Crippen LogP contribution in [0.1, 0.15) is 45.7 Å². The second-order valence-corrected chi connectivity index (χ2v) is 8.73. The van der Waals surface area contributed by atoms with E-state index >= 15 is 0 Å². The van der Waals surface area contributed by atoms with E-state index < -0.39 is 17.1 Å². The molecule has 0 radical (unpaired) electrons. The highest BCUT2D eigenvalue weighted by molar-refractivity contribution is 8.00. The number of rotatable bonds is 4. The van der Waals surface area contributed by atoms with E-state index in [1.807, 2.05) is 18.7 Å². The van der Waals surface area contributed by atoms with Gasteiger partial charge in [-0.15, -0.1) is 0 Å². The minimum Gasteiger partial charge on any atom is -0.336 e. The molecule has 3 rings (SSSR count). The lowest BCUT2D eigenvalue weighted by Crippen LogP contribution is -2.50. The van der Waals surface area contributed by atoms with Crippen LogP contribution in [0.4, 0.5) is 13.2 Å². The molecule has 2 aromatic rings. The van der Waals surface area contributed by atoms with E-state index in [1.165, 1.54) is 0 Å². The van der Waals surface area contributed by atoms with Crippen molar-refractivity contribution >= 4 is 17.7 Å². The molecule has 3 atom stereocenters. The highest BCUT2D eigenvalue weighted by Crippen LogP contribution is 2.34. The smallest absolute Gasteiger partial charge is 0.336 e. The fraction of sp³-hybridized carbons (Fsp3) is 0.476. The van der Waals surface area contributed by atoms with Crippen molar-refractivity contribution in [3.05, 3.63) is 42.1 Å². The van der Waals surface area contributed by atoms with Crippen molar-refractivity contribution < 1.29 is 18.0 Å². The second kappa shape index (κ2) is 8.73. The van der Waals surface area contributed by atoms with Gasteiger partial charge in [0.15, 0.2) is 5.16 Å². The molecule has 29 heavy (non-hydrogen) atoms. The van der Waals surface area contributed by atoms with Gasteiger partial charge in [0.25, 0.3) is 0 Å². The first-order valence-corrected chi connectivity index (χ1v) is 10.6. The molecule has 1 aromatic carbocycles. The molecule has 4 nitrogen and oxygen atoms in total. The Hall–Kier alpha value is -2.09. The van der Waals surface area contributed by atoms with Gasteiger partial charge in [-0.3, -0.25) is 4.79 Å². The van der Waals surface area contributed by atoms with Crippen LogP contribution in [-0.2, 0) is 11.0 Å². The quantitative estimate of drug-likeness (QED) is 0.486. The summed E-state index contributed by atoms with van der Waals surface area (Å²) in [6.07, 6.45) is -1.65. The summed E-state index contributed by atoms with van der Waals surface area (Å²) in [5.41, 5.74) is -0.248. The Labute approximate surface area is 172 Å². The summed E-state index contributed by atoms with van der Waals surface area (Å²) in [5.74, 6) is -0.0861. The molecule has 156 valence electrons. The van der Waals surface area contributed by atoms with E-state index in [1.54, 1.807) is 37.3 Å². The third-order valence-electron chi connectivity index (χ3n) is 5.14. The molecule has 1 aromatic heterocycles. The van der Waals surface area contributed by atoms with Gasteiger partial charge in [-0.25, -0.2) is 9.97 Å². The number of halogens is 3. The fourth-order valence-electron chi connectivity index (χ4n) is 3.65. The van der Waals surface area contributed by atoms with E-state index in [0.29, 0.717) is 5.56 Å². The molecular weight excluding hydrogens is 399 g/mol. The van der Waals surface area contributed by atoms with Gasteiger partial charge in [0.1, 0.15) is 5.69 Å². The van der Waals surface area contributed by atoms with Crippen molar-refractivity contribution in [2.24, 2.45) is 0 Å². The molecule has 0 aliphatic carbocycles. The van der Waals surface area contributed by atoms with Crippen LogP contribution in [0.25, 0.3) is 11.3 Å². The van der Waals surface area contributed by atoms with Gasteiger partial charge in [0.05, 0.1) is 10.9 Å². The van der Waals surface area contributed by atoms with E-state index in [4.69, 9.17) is 0 Å². The lowest BCUT2D eigenvalue weighted by atomic mass is 9.97. The zero-order valence-corrected chi connectivity index (χ0v) is 17.4. The summed E-state index contributed by atoms with van der Waals surface area (Å²) in [5, 5.41) is -0.623. The van der Waals surface area contributed by atoms with Gasteiger partial charge in [0.2, 0.25) is 5.91 Å². The van der Waals surface area contributed by atoms with Gasteiger partial charge >= 0.3 is 6.18 Å². The Kier molecular flexibility index (Phi) is 6.51. The Morgan fingerprint density at radius 2 is 1.76 bits per heavy atom. The summed E-state index contributed by atoms with van der Waals surface area (Å²) < 4.78 is 40.1. The van der Waals surface area contributed by atoms with Crippen LogP contribution >= 0.6 is 11.8 Å². The van der Waals surface area contributed by atoms with Gasteiger partial charge in [-0.2, -0.15) is 13.2 Å². The molecule has 1 fully saturated rings. The molecule has 2 heterocycles. The monoisotopic (exact) mass is 423 g/mol. The molecule has 1 aliphatic rings. The van der Waals surface area contributed by atoms with Crippen LogP contribution in [-0.4, -0.2) is 38.1 Å². The largest absolute Gasteiger partial charge is 0.433 e.